The normalized spacial score (nSPS) is 18.8. The van der Waals surface area contributed by atoms with Gasteiger partial charge in [0, 0.05) is 25.8 Å². The van der Waals surface area contributed by atoms with E-state index in [-0.39, 0.29) is 31.8 Å². The maximum absolute atomic E-state index is 12.6. The summed E-state index contributed by atoms with van der Waals surface area (Å²) in [5.74, 6) is 2.05. The highest BCUT2D eigenvalue weighted by Crippen LogP contribution is 2.35. The van der Waals surface area contributed by atoms with E-state index in [1.54, 1.807) is 29.2 Å². The number of carbonyl (C=O) groups is 1. The Balaban J connectivity index is 1.36. The van der Waals surface area contributed by atoms with Crippen molar-refractivity contribution in [3.05, 3.63) is 35.7 Å². The lowest BCUT2D eigenvalue weighted by Crippen LogP contribution is -2.41. The van der Waals surface area contributed by atoms with Crippen LogP contribution in [0.25, 0.3) is 0 Å². The topological polar surface area (TPSA) is 96.9 Å². The second-order valence-electron chi connectivity index (χ2n) is 6.52. The van der Waals surface area contributed by atoms with Gasteiger partial charge < -0.3 is 24.2 Å². The monoisotopic (exact) mass is 359 g/mol. The van der Waals surface area contributed by atoms with Gasteiger partial charge in [-0.15, -0.1) is 0 Å². The minimum absolute atomic E-state index is 0.110. The molecule has 2 aromatic rings. The predicted octanol–water partition coefficient (Wildman–Crippen LogP) is 1.56. The number of nitrogens with one attached hydrogen (secondary N) is 1. The highest BCUT2D eigenvalue weighted by atomic mass is 16.7. The van der Waals surface area contributed by atoms with E-state index in [9.17, 15) is 9.90 Å². The number of benzene rings is 1. The first-order valence-electron chi connectivity index (χ1n) is 8.70. The van der Waals surface area contributed by atoms with E-state index in [0.29, 0.717) is 41.7 Å². The van der Waals surface area contributed by atoms with Crippen LogP contribution < -0.4 is 14.2 Å². The summed E-state index contributed by atoms with van der Waals surface area (Å²) >= 11 is 0. The van der Waals surface area contributed by atoms with Gasteiger partial charge in [0.25, 0.3) is 5.91 Å². The Bertz CT molecular complexity index is 791. The maximum Gasteiger partial charge on any atom is 0.274 e. The molecular weight excluding hydrogens is 338 g/mol. The Morgan fingerprint density at radius 3 is 3.12 bits per heavy atom. The fourth-order valence-electron chi connectivity index (χ4n) is 3.23. The van der Waals surface area contributed by atoms with E-state index in [0.717, 1.165) is 12.8 Å². The van der Waals surface area contributed by atoms with Crippen LogP contribution >= 0.6 is 0 Å². The zero-order chi connectivity index (χ0) is 17.9. The van der Waals surface area contributed by atoms with Crippen LogP contribution in [-0.4, -0.2) is 52.6 Å². The molecule has 1 amide bonds. The van der Waals surface area contributed by atoms with Crippen molar-refractivity contribution in [1.82, 2.24) is 15.1 Å². The molecule has 26 heavy (non-hydrogen) atoms. The second-order valence-corrected chi connectivity index (χ2v) is 6.52. The van der Waals surface area contributed by atoms with E-state index < -0.39 is 0 Å². The largest absolute Gasteiger partial charge is 0.487 e. The molecule has 2 aliphatic rings. The van der Waals surface area contributed by atoms with Gasteiger partial charge in [0.2, 0.25) is 6.79 Å². The number of nitrogens with zero attached hydrogens (tertiary/aromatic N) is 2. The molecule has 1 atom stereocenters. The number of aliphatic hydroxyl groups excluding tert-OH is 1. The first kappa shape index (κ1) is 16.7. The third-order valence-electron chi connectivity index (χ3n) is 4.65. The van der Waals surface area contributed by atoms with Gasteiger partial charge in [0.15, 0.2) is 17.2 Å². The Morgan fingerprint density at radius 2 is 2.23 bits per heavy atom. The molecule has 0 aliphatic carbocycles. The number of hydrogen-bond acceptors (Lipinski definition) is 6. The molecular formula is C18H21N3O5. The predicted molar refractivity (Wildman–Crippen MR) is 91.2 cm³/mol. The molecule has 2 aliphatic heterocycles. The SMILES string of the molecule is O=C(c1cc(COc2ccc3c(c2)OCO3)[nH]n1)N1CCCC(CO)C1. The molecule has 1 saturated heterocycles. The molecule has 0 spiro atoms. The molecule has 3 heterocycles. The summed E-state index contributed by atoms with van der Waals surface area (Å²) < 4.78 is 16.3. The van der Waals surface area contributed by atoms with Crippen LogP contribution in [0, 0.1) is 5.92 Å². The molecule has 2 N–H and O–H groups in total. The van der Waals surface area contributed by atoms with Crippen LogP contribution in [0.1, 0.15) is 29.0 Å². The number of H-pyrrole nitrogens is 1. The van der Waals surface area contributed by atoms with E-state index >= 15 is 0 Å². The lowest BCUT2D eigenvalue weighted by atomic mass is 9.99. The molecule has 0 saturated carbocycles. The summed E-state index contributed by atoms with van der Waals surface area (Å²) in [4.78, 5) is 14.3. The number of aromatic amines is 1. The molecule has 1 unspecified atom stereocenters. The average molecular weight is 359 g/mol. The minimum Gasteiger partial charge on any atom is -0.487 e. The lowest BCUT2D eigenvalue weighted by Gasteiger charge is -2.31. The quantitative estimate of drug-likeness (QED) is 0.841. The van der Waals surface area contributed by atoms with Gasteiger partial charge in [-0.3, -0.25) is 9.89 Å². The fraction of sp³-hybridized carbons (Fsp3) is 0.444. The average Bonchev–Trinajstić information content (AvgIpc) is 3.34. The van der Waals surface area contributed by atoms with Crippen LogP contribution in [0.3, 0.4) is 0 Å². The third-order valence-corrected chi connectivity index (χ3v) is 4.65. The highest BCUT2D eigenvalue weighted by molar-refractivity contribution is 5.92. The van der Waals surface area contributed by atoms with Crippen molar-refractivity contribution < 1.29 is 24.1 Å². The molecule has 0 bridgehead atoms. The van der Waals surface area contributed by atoms with E-state index in [1.807, 2.05) is 0 Å². The number of fused-ring (bicyclic) bond motifs is 1. The Labute approximate surface area is 150 Å². The van der Waals surface area contributed by atoms with Gasteiger partial charge in [-0.05, 0) is 37.0 Å². The van der Waals surface area contributed by atoms with Crippen LogP contribution in [0.4, 0.5) is 0 Å². The van der Waals surface area contributed by atoms with Crippen molar-refractivity contribution in [3.63, 3.8) is 0 Å². The molecule has 1 fully saturated rings. The number of rotatable bonds is 5. The first-order valence-corrected chi connectivity index (χ1v) is 8.70. The summed E-state index contributed by atoms with van der Waals surface area (Å²) in [7, 11) is 0. The van der Waals surface area contributed by atoms with Crippen LogP contribution in [0.5, 0.6) is 17.2 Å². The molecule has 138 valence electrons. The van der Waals surface area contributed by atoms with Gasteiger partial charge in [-0.25, -0.2) is 0 Å². The minimum atomic E-state index is -0.117. The summed E-state index contributed by atoms with van der Waals surface area (Å²) in [6.07, 6.45) is 1.86. The van der Waals surface area contributed by atoms with Crippen molar-refractivity contribution in [3.8, 4) is 17.2 Å². The van der Waals surface area contributed by atoms with Gasteiger partial charge in [0.05, 0.1) is 5.69 Å². The smallest absolute Gasteiger partial charge is 0.274 e. The molecule has 1 aromatic carbocycles. The lowest BCUT2D eigenvalue weighted by molar-refractivity contribution is 0.0615. The maximum atomic E-state index is 12.6. The van der Waals surface area contributed by atoms with Crippen molar-refractivity contribution >= 4 is 5.91 Å². The van der Waals surface area contributed by atoms with E-state index in [2.05, 4.69) is 10.2 Å². The summed E-state index contributed by atoms with van der Waals surface area (Å²) in [5, 5.41) is 16.3. The molecule has 1 aromatic heterocycles. The number of hydrogen-bond donors (Lipinski definition) is 2. The van der Waals surface area contributed by atoms with Crippen molar-refractivity contribution in [2.24, 2.45) is 5.92 Å². The third kappa shape index (κ3) is 3.45. The van der Waals surface area contributed by atoms with Crippen LogP contribution in [0.15, 0.2) is 24.3 Å². The molecule has 8 nitrogen and oxygen atoms in total. The van der Waals surface area contributed by atoms with E-state index in [4.69, 9.17) is 14.2 Å². The number of ether oxygens (including phenoxy) is 3. The zero-order valence-corrected chi connectivity index (χ0v) is 14.3. The van der Waals surface area contributed by atoms with Crippen LogP contribution in [-0.2, 0) is 6.61 Å². The Kier molecular flexibility index (Phi) is 4.66. The fourth-order valence-corrected chi connectivity index (χ4v) is 3.23. The molecule has 0 radical (unpaired) electrons. The number of piperidine rings is 1. The van der Waals surface area contributed by atoms with E-state index in [1.165, 1.54) is 0 Å². The van der Waals surface area contributed by atoms with Crippen molar-refractivity contribution in [1.29, 1.82) is 0 Å². The summed E-state index contributed by atoms with van der Waals surface area (Å²) in [5.41, 5.74) is 1.08. The summed E-state index contributed by atoms with van der Waals surface area (Å²) in [6, 6.07) is 7.08. The number of likely N-dealkylation sites (tertiary alicyclic amines) is 1. The van der Waals surface area contributed by atoms with Gasteiger partial charge in [-0.1, -0.05) is 0 Å². The second kappa shape index (κ2) is 7.25. The van der Waals surface area contributed by atoms with Gasteiger partial charge >= 0.3 is 0 Å². The standard InChI is InChI=1S/C18H21N3O5/c22-9-12-2-1-5-21(8-12)18(23)15-6-13(19-20-15)10-24-14-3-4-16-17(7-14)26-11-25-16/h3-4,6-7,12,22H,1-2,5,8-11H2,(H,19,20). The highest BCUT2D eigenvalue weighted by Gasteiger charge is 2.25. The number of aliphatic hydroxyl groups is 1. The van der Waals surface area contributed by atoms with Crippen molar-refractivity contribution in [2.75, 3.05) is 26.5 Å². The van der Waals surface area contributed by atoms with Gasteiger partial charge in [0.1, 0.15) is 12.4 Å². The number of aromatic nitrogens is 2. The Morgan fingerprint density at radius 1 is 1.35 bits per heavy atom. The molecule has 4 rings (SSSR count). The summed E-state index contributed by atoms with van der Waals surface area (Å²) in [6.45, 7) is 1.87. The van der Waals surface area contributed by atoms with Crippen molar-refractivity contribution in [2.45, 2.75) is 19.4 Å². The van der Waals surface area contributed by atoms with Gasteiger partial charge in [-0.2, -0.15) is 5.10 Å². The van der Waals surface area contributed by atoms with Crippen LogP contribution in [0.2, 0.25) is 0 Å². The Hall–Kier alpha value is -2.74. The zero-order valence-electron chi connectivity index (χ0n) is 14.3. The first-order chi connectivity index (χ1) is 12.7. The molecule has 8 heteroatoms. The number of carbonyl (C=O) groups excluding carboxylic acids is 1. The number of amides is 1.